The van der Waals surface area contributed by atoms with Crippen LogP contribution < -0.4 is 10.6 Å². The number of rotatable bonds is 8. The number of nitrogens with one attached hydrogen (secondary N) is 3. The number of thioether (sulfide) groups is 1. The number of anilines is 1. The van der Waals surface area contributed by atoms with E-state index < -0.39 is 11.9 Å². The Morgan fingerprint density at radius 3 is 2.64 bits per heavy atom. The van der Waals surface area contributed by atoms with Crippen molar-refractivity contribution in [2.24, 2.45) is 5.92 Å². The topological polar surface area (TPSA) is 99.8 Å². The number of H-pyrrole nitrogens is 1. The van der Waals surface area contributed by atoms with Gasteiger partial charge in [-0.2, -0.15) is 0 Å². The molecule has 0 radical (unpaired) electrons. The predicted octanol–water partition coefficient (Wildman–Crippen LogP) is 5.42. The van der Waals surface area contributed by atoms with Gasteiger partial charge in [0.2, 0.25) is 11.1 Å². The molecule has 1 atom stereocenters. The lowest BCUT2D eigenvalue weighted by Crippen LogP contribution is -2.32. The van der Waals surface area contributed by atoms with Crippen molar-refractivity contribution in [3.63, 3.8) is 0 Å². The summed E-state index contributed by atoms with van der Waals surface area (Å²) in [7, 11) is 0. The highest BCUT2D eigenvalue weighted by Crippen LogP contribution is 2.25. The van der Waals surface area contributed by atoms with Crippen molar-refractivity contribution in [3.8, 4) is 0 Å². The maximum Gasteiger partial charge on any atom is 0.253 e. The maximum atomic E-state index is 13.4. The third-order valence-corrected chi connectivity index (χ3v) is 6.11. The molecule has 3 rings (SSSR count). The Bertz CT molecular complexity index is 1170. The molecule has 0 unspecified atom stereocenters. The van der Waals surface area contributed by atoms with E-state index in [-0.39, 0.29) is 28.5 Å². The summed E-state index contributed by atoms with van der Waals surface area (Å²) in [6.45, 7) is 5.64. The van der Waals surface area contributed by atoms with Crippen LogP contribution in [0.3, 0.4) is 0 Å². The molecule has 0 fully saturated rings. The molecule has 33 heavy (non-hydrogen) atoms. The number of amides is 2. The number of aromatic amines is 1. The fourth-order valence-corrected chi connectivity index (χ4v) is 4.05. The van der Waals surface area contributed by atoms with Crippen LogP contribution in [-0.2, 0) is 4.79 Å². The van der Waals surface area contributed by atoms with Gasteiger partial charge in [-0.1, -0.05) is 54.9 Å². The Hall–Kier alpha value is -2.62. The summed E-state index contributed by atoms with van der Waals surface area (Å²) in [5.41, 5.74) is 1.47. The van der Waals surface area contributed by atoms with E-state index in [1.165, 1.54) is 18.2 Å². The minimum Gasteiger partial charge on any atom is -0.342 e. The third-order valence-electron chi connectivity index (χ3n) is 4.71. The molecule has 2 amide bonds. The summed E-state index contributed by atoms with van der Waals surface area (Å²) in [6, 6.07) is 8.38. The Labute approximate surface area is 204 Å². The van der Waals surface area contributed by atoms with E-state index in [2.05, 4.69) is 25.8 Å². The van der Waals surface area contributed by atoms with E-state index in [9.17, 15) is 14.0 Å². The summed E-state index contributed by atoms with van der Waals surface area (Å²) in [4.78, 5) is 29.4. The molecule has 3 aromatic rings. The van der Waals surface area contributed by atoms with Crippen LogP contribution in [0, 0.1) is 18.7 Å². The second-order valence-electron chi connectivity index (χ2n) is 7.62. The summed E-state index contributed by atoms with van der Waals surface area (Å²) < 4.78 is 13.4. The van der Waals surface area contributed by atoms with Crippen molar-refractivity contribution in [3.05, 3.63) is 69.2 Å². The Morgan fingerprint density at radius 1 is 1.18 bits per heavy atom. The first-order chi connectivity index (χ1) is 15.6. The summed E-state index contributed by atoms with van der Waals surface area (Å²) in [5, 5.41) is 13.6. The summed E-state index contributed by atoms with van der Waals surface area (Å²) >= 11 is 13.2. The average molecular weight is 510 g/mol. The zero-order valence-electron chi connectivity index (χ0n) is 18.1. The SMILES string of the molecule is Cc1ccc(F)cc1NC(=O)CSc1n[nH]c([C@@H](NC(=O)c2ccc(Cl)cc2Cl)C(C)C)n1. The van der Waals surface area contributed by atoms with Gasteiger partial charge in [0.25, 0.3) is 5.91 Å². The molecule has 0 bridgehead atoms. The molecule has 1 heterocycles. The predicted molar refractivity (Wildman–Crippen MR) is 128 cm³/mol. The minimum absolute atomic E-state index is 0.00919. The molecule has 0 aliphatic rings. The van der Waals surface area contributed by atoms with Crippen LogP contribution in [0.15, 0.2) is 41.6 Å². The van der Waals surface area contributed by atoms with Gasteiger partial charge in [-0.3, -0.25) is 14.7 Å². The first-order valence-electron chi connectivity index (χ1n) is 10.0. The number of aryl methyl sites for hydroxylation is 1. The van der Waals surface area contributed by atoms with E-state index in [4.69, 9.17) is 23.2 Å². The Morgan fingerprint density at radius 2 is 1.94 bits per heavy atom. The maximum absolute atomic E-state index is 13.4. The molecule has 3 N–H and O–H groups in total. The molecule has 7 nitrogen and oxygen atoms in total. The number of carbonyl (C=O) groups is 2. The zero-order valence-corrected chi connectivity index (χ0v) is 20.4. The van der Waals surface area contributed by atoms with Crippen LogP contribution in [-0.4, -0.2) is 32.7 Å². The summed E-state index contributed by atoms with van der Waals surface area (Å²) in [6.07, 6.45) is 0. The number of benzene rings is 2. The smallest absolute Gasteiger partial charge is 0.253 e. The van der Waals surface area contributed by atoms with Gasteiger partial charge in [0.1, 0.15) is 11.6 Å². The second-order valence-corrected chi connectivity index (χ2v) is 9.40. The lowest BCUT2D eigenvalue weighted by molar-refractivity contribution is -0.113. The van der Waals surface area contributed by atoms with Gasteiger partial charge in [-0.25, -0.2) is 9.37 Å². The van der Waals surface area contributed by atoms with E-state index >= 15 is 0 Å². The fourth-order valence-electron chi connectivity index (χ4n) is 2.95. The summed E-state index contributed by atoms with van der Waals surface area (Å²) in [5.74, 6) is -0.634. The van der Waals surface area contributed by atoms with Gasteiger partial charge < -0.3 is 10.6 Å². The van der Waals surface area contributed by atoms with Crippen LogP contribution >= 0.6 is 35.0 Å². The Kier molecular flexibility index (Phi) is 8.34. The van der Waals surface area contributed by atoms with E-state index in [0.29, 0.717) is 27.3 Å². The monoisotopic (exact) mass is 509 g/mol. The molecular formula is C22H22Cl2FN5O2S. The van der Waals surface area contributed by atoms with Crippen molar-refractivity contribution >= 4 is 52.5 Å². The molecule has 11 heteroatoms. The zero-order chi connectivity index (χ0) is 24.1. The number of hydrogen-bond donors (Lipinski definition) is 3. The van der Waals surface area contributed by atoms with Gasteiger partial charge in [0.05, 0.1) is 22.4 Å². The van der Waals surface area contributed by atoms with Crippen LogP contribution in [0.25, 0.3) is 0 Å². The molecule has 0 aliphatic carbocycles. The quantitative estimate of drug-likeness (QED) is 0.352. The van der Waals surface area contributed by atoms with Crippen LogP contribution in [0.2, 0.25) is 10.0 Å². The first-order valence-corrected chi connectivity index (χ1v) is 11.7. The molecule has 0 saturated heterocycles. The molecule has 0 saturated carbocycles. The standard InChI is InChI=1S/C22H22Cl2FN5O2S/c1-11(2)19(27-21(32)15-7-5-13(23)8-16(15)24)20-28-22(30-29-20)33-10-18(31)26-17-9-14(25)6-4-12(17)3/h4-9,11,19H,10H2,1-3H3,(H,26,31)(H,27,32)(H,28,29,30)/t19-/m0/s1. The molecular weight excluding hydrogens is 488 g/mol. The van der Waals surface area contributed by atoms with Crippen molar-refractivity contribution in [2.45, 2.75) is 32.0 Å². The minimum atomic E-state index is -0.463. The van der Waals surface area contributed by atoms with E-state index in [0.717, 1.165) is 17.3 Å². The highest BCUT2D eigenvalue weighted by molar-refractivity contribution is 7.99. The highest BCUT2D eigenvalue weighted by atomic mass is 35.5. The van der Waals surface area contributed by atoms with E-state index in [1.807, 2.05) is 13.8 Å². The number of nitrogens with zero attached hydrogens (tertiary/aromatic N) is 2. The molecule has 2 aromatic carbocycles. The van der Waals surface area contributed by atoms with Crippen molar-refractivity contribution in [2.75, 3.05) is 11.1 Å². The van der Waals surface area contributed by atoms with Gasteiger partial charge in [0.15, 0.2) is 0 Å². The van der Waals surface area contributed by atoms with Crippen molar-refractivity contribution in [1.82, 2.24) is 20.5 Å². The lowest BCUT2D eigenvalue weighted by atomic mass is 10.0. The number of hydrogen-bond acceptors (Lipinski definition) is 5. The fraction of sp³-hybridized carbons (Fsp3) is 0.273. The highest BCUT2D eigenvalue weighted by Gasteiger charge is 2.24. The van der Waals surface area contributed by atoms with Crippen molar-refractivity contribution < 1.29 is 14.0 Å². The van der Waals surface area contributed by atoms with Crippen LogP contribution in [0.1, 0.15) is 41.6 Å². The van der Waals surface area contributed by atoms with Gasteiger partial charge in [-0.05, 0) is 48.7 Å². The molecule has 174 valence electrons. The van der Waals surface area contributed by atoms with E-state index in [1.54, 1.807) is 25.1 Å². The number of carbonyl (C=O) groups excluding carboxylic acids is 2. The third kappa shape index (κ3) is 6.69. The first kappa shape index (κ1) is 25.0. The largest absolute Gasteiger partial charge is 0.342 e. The number of halogens is 3. The molecule has 1 aromatic heterocycles. The lowest BCUT2D eigenvalue weighted by Gasteiger charge is -2.20. The molecule has 0 spiro atoms. The second kappa shape index (κ2) is 11.0. The average Bonchev–Trinajstić information content (AvgIpc) is 3.21. The Balaban J connectivity index is 1.63. The van der Waals surface area contributed by atoms with Crippen molar-refractivity contribution in [1.29, 1.82) is 0 Å². The van der Waals surface area contributed by atoms with Crippen LogP contribution in [0.5, 0.6) is 0 Å². The van der Waals surface area contributed by atoms with Crippen LogP contribution in [0.4, 0.5) is 10.1 Å². The van der Waals surface area contributed by atoms with Gasteiger partial charge in [-0.15, -0.1) is 5.10 Å². The molecule has 0 aliphatic heterocycles. The van der Waals surface area contributed by atoms with Gasteiger partial charge >= 0.3 is 0 Å². The normalized spacial score (nSPS) is 12.0. The number of aromatic nitrogens is 3. The van der Waals surface area contributed by atoms with Gasteiger partial charge in [0, 0.05) is 10.7 Å².